The van der Waals surface area contributed by atoms with Gasteiger partial charge in [0.25, 0.3) is 17.7 Å². The number of esters is 4. The van der Waals surface area contributed by atoms with Crippen molar-refractivity contribution in [2.24, 2.45) is 17.6 Å². The number of halogens is 7. The Bertz CT molecular complexity index is 6740. The number of ether oxygens (including phenoxy) is 8. The number of nitrogens with one attached hydrogen (secondary N) is 3. The van der Waals surface area contributed by atoms with Crippen LogP contribution in [-0.2, 0) is 83.8 Å². The molecule has 778 valence electrons. The quantitative estimate of drug-likeness (QED) is 0.0107. The zero-order chi connectivity index (χ0) is 103. The van der Waals surface area contributed by atoms with E-state index in [4.69, 9.17) is 38.9 Å². The Labute approximate surface area is 855 Å². The molecule has 1 saturated heterocycles. The van der Waals surface area contributed by atoms with Crippen LogP contribution in [0, 0.1) is 47.1 Å². The largest absolute Gasteiger partial charge is 0.481 e. The maximum atomic E-state index is 14.9. The van der Waals surface area contributed by atoms with Crippen molar-refractivity contribution in [2.75, 3.05) is 69.2 Å². The van der Waals surface area contributed by atoms with E-state index < -0.39 is 101 Å². The Morgan fingerprint density at radius 2 is 0.830 bits per heavy atom. The molecule has 4 aliphatic carbocycles. The lowest BCUT2D eigenvalue weighted by molar-refractivity contribution is -0.162. The fourth-order valence-corrected chi connectivity index (χ4v) is 20.0. The number of carbonyl (C=O) groups excluding carboxylic acids is 7. The highest BCUT2D eigenvalue weighted by atomic mass is 35.5. The number of aliphatic carboxylic acids is 1. The molecule has 0 spiro atoms. The van der Waals surface area contributed by atoms with E-state index in [2.05, 4.69) is 86.1 Å². The zero-order valence-electron chi connectivity index (χ0n) is 80.2. The fraction of sp³-hybridized carbons (Fsp3) is 0.423. The molecule has 0 bridgehead atoms. The van der Waals surface area contributed by atoms with E-state index in [1.54, 1.807) is 80.3 Å². The van der Waals surface area contributed by atoms with Crippen LogP contribution in [0.15, 0.2) is 133 Å². The molecule has 6 N–H and O–H groups in total. The lowest BCUT2D eigenvalue weighted by Gasteiger charge is -2.28. The fourth-order valence-electron chi connectivity index (χ4n) is 17.7. The number of pyridine rings is 3. The number of hydrogen-bond donors (Lipinski definition) is 5. The van der Waals surface area contributed by atoms with E-state index in [1.807, 2.05) is 32.9 Å². The number of thiazole rings is 3. The van der Waals surface area contributed by atoms with Gasteiger partial charge in [-0.2, -0.15) is 43.8 Å². The van der Waals surface area contributed by atoms with Gasteiger partial charge in [-0.1, -0.05) is 25.0 Å². The highest BCUT2D eigenvalue weighted by Gasteiger charge is 2.39. The first-order chi connectivity index (χ1) is 70.7. The van der Waals surface area contributed by atoms with E-state index in [9.17, 15) is 69.8 Å². The van der Waals surface area contributed by atoms with Gasteiger partial charge in [0.2, 0.25) is 17.8 Å². The van der Waals surface area contributed by atoms with Crippen LogP contribution in [0.3, 0.4) is 0 Å². The molecule has 0 radical (unpaired) electrons. The van der Waals surface area contributed by atoms with Crippen LogP contribution in [0.25, 0.3) is 65.9 Å². The third kappa shape index (κ3) is 27.8. The molecule has 12 aromatic heterocycles. The molecule has 1 aromatic carbocycles. The Morgan fingerprint density at radius 1 is 0.463 bits per heavy atom. The number of anilines is 3. The predicted octanol–water partition coefficient (Wildman–Crippen LogP) is 15.8. The Balaban J connectivity index is 0.000000165. The summed E-state index contributed by atoms with van der Waals surface area (Å²) in [5.41, 5.74) is 8.69. The van der Waals surface area contributed by atoms with Crippen molar-refractivity contribution in [1.29, 1.82) is 0 Å². The molecule has 18 rings (SSSR count). The van der Waals surface area contributed by atoms with E-state index in [0.29, 0.717) is 69.9 Å². The highest BCUT2D eigenvalue weighted by Crippen LogP contribution is 2.41. The summed E-state index contributed by atoms with van der Waals surface area (Å²) in [6.45, 7) is 11.2. The molecule has 5 fully saturated rings. The first-order valence-electron chi connectivity index (χ1n) is 47.6. The van der Waals surface area contributed by atoms with Gasteiger partial charge in [0.05, 0.1) is 116 Å². The van der Waals surface area contributed by atoms with Crippen LogP contribution in [0.4, 0.5) is 43.4 Å². The second-order valence-electron chi connectivity index (χ2n) is 35.0. The number of amides is 3. The smallest absolute Gasteiger partial charge is 0.339 e. The standard InChI is InChI=1S/C36H38F2N8O5S.C32H35F2N7O6S.C29H32F2N8O6S.ClH/c1-2-50-27-9-7-26(8-10-27)46-20-29(33(43-46)32-28(37)11-12-31(38)42-32)40-34(47)30-21-52-35(41-30)25-17-39-45(19-25)22-51-36(48)24-5-3-23(4-6-24)18-44-13-15-49-16-14-44;1-2-46-20-9-7-19(8-10-20)41-15-24(28(39-41)27-23(33)11-12-26(34)38-27)36-29(42)25-16-48-30(37-25)18-13-35-40(14-18)17-47-32(45)22-6-4-3-5-21(22)31(43)44;1-3-44-18-6-4-17(5-7-18)39-13-21(26(37-39)25-19(30)8-9-23(31)36-25)34-27(41)22-14-46-28(35-22)16-11-33-38(12-16)15-45-24(40)10-20(32)29(42)43-2;/h3-6,11-12,17,19-21,26-27H,2,7-10,13-16,18,22H2,1H3,(H,40,47);11-16,19-22H,2-10,17H2,1H3,(H,36,42)(H,43,44);8-9,11-14,17-18,20H,3-7,10,15,32H2,1-2H3,(H,34,41);1H/t;19?,20?,21-,22-;17?,18?,20-;/m.10./s1. The number of benzene rings is 1. The number of morpholine rings is 1. The monoisotopic (exact) mass is 2110 g/mol. The number of methoxy groups -OCH3 is 1. The van der Waals surface area contributed by atoms with Gasteiger partial charge in [-0.05, 0) is 165 Å². The Kier molecular flexibility index (Phi) is 36.9. The van der Waals surface area contributed by atoms with Gasteiger partial charge in [0, 0.05) is 109 Å². The normalized spacial score (nSPS) is 18.6. The minimum Gasteiger partial charge on any atom is -0.481 e. The zero-order valence-corrected chi connectivity index (χ0v) is 83.4. The molecule has 50 heteroatoms. The lowest BCUT2D eigenvalue weighted by atomic mass is 9.79. The SMILES string of the molecule is CCOC1CCC(n2cc(NC(=O)c3csc(-c4cnn(COC(=O)C[C@H](N)C(=O)OC)c4)n3)c(-c3nc(F)ccc3F)n2)CC1.CCOC1CCC(n2cc(NC(=O)c3csc(-c4cnn(COC(=O)[C@@H]5CCCC[C@H]5C(=O)O)c4)n3)c(-c3nc(F)ccc3F)n2)CC1.CCOC1CCC(n2cc(NC(=O)c3csc(-c4cnn(COC(=O)c5ccc(CN6CCOCC6)cc5)c4)n3)c(-c3nc(F)ccc3F)n2)CC1.Cl. The van der Waals surface area contributed by atoms with Crippen LogP contribution in [0.1, 0.15) is 195 Å². The van der Waals surface area contributed by atoms with Crippen molar-refractivity contribution in [3.8, 4) is 65.9 Å². The third-order valence-electron chi connectivity index (χ3n) is 25.2. The summed E-state index contributed by atoms with van der Waals surface area (Å²) in [5, 5.41) is 50.1. The maximum absolute atomic E-state index is 14.9. The van der Waals surface area contributed by atoms with Crippen molar-refractivity contribution >= 4 is 111 Å². The lowest BCUT2D eigenvalue weighted by Crippen LogP contribution is -2.35. The first-order valence-corrected chi connectivity index (χ1v) is 50.2. The summed E-state index contributed by atoms with van der Waals surface area (Å²) in [7, 11) is 1.17. The number of aromatic nitrogens is 18. The number of rotatable bonds is 35. The molecule has 5 aliphatic rings. The number of carboxylic acids is 1. The van der Waals surface area contributed by atoms with Gasteiger partial charge in [-0.25, -0.2) is 61.9 Å². The number of carbonyl (C=O) groups is 8. The number of carboxylic acid groups (broad SMARTS) is 1. The molecule has 1 aliphatic heterocycles. The molecule has 40 nitrogen and oxygen atoms in total. The third-order valence-corrected chi connectivity index (χ3v) is 27.8. The van der Waals surface area contributed by atoms with Gasteiger partial charge < -0.3 is 64.7 Å². The summed E-state index contributed by atoms with van der Waals surface area (Å²) in [5.74, 6) is -11.6. The van der Waals surface area contributed by atoms with Crippen LogP contribution >= 0.6 is 46.4 Å². The topological polar surface area (TPSA) is 480 Å². The Hall–Kier alpha value is -13.8. The van der Waals surface area contributed by atoms with Crippen LogP contribution in [0.5, 0.6) is 0 Å². The summed E-state index contributed by atoms with van der Waals surface area (Å²) in [4.78, 5) is 127. The molecule has 13 aromatic rings. The summed E-state index contributed by atoms with van der Waals surface area (Å²) in [6.07, 6.45) is 26.4. The van der Waals surface area contributed by atoms with Crippen molar-refractivity contribution < 1.29 is 108 Å². The van der Waals surface area contributed by atoms with Crippen LogP contribution in [0.2, 0.25) is 0 Å². The van der Waals surface area contributed by atoms with Crippen molar-refractivity contribution in [1.82, 2.24) is 93.5 Å². The van der Waals surface area contributed by atoms with Gasteiger partial charge in [-0.15, -0.1) is 46.4 Å². The second kappa shape index (κ2) is 50.5. The summed E-state index contributed by atoms with van der Waals surface area (Å²) in [6, 6.07) is 11.8. The summed E-state index contributed by atoms with van der Waals surface area (Å²) < 4.78 is 139. The number of nitrogens with zero attached hydrogens (tertiary/aromatic N) is 19. The maximum Gasteiger partial charge on any atom is 0.339 e. The average Bonchev–Trinajstić information content (AvgIpc) is 1.63. The van der Waals surface area contributed by atoms with Crippen molar-refractivity contribution in [3.63, 3.8) is 0 Å². The molecule has 4 saturated carbocycles. The average molecular weight is 2110 g/mol. The minimum atomic E-state index is -1.14. The molecule has 3 atom stereocenters. The van der Waals surface area contributed by atoms with E-state index in [-0.39, 0.29) is 144 Å². The van der Waals surface area contributed by atoms with Gasteiger partial charge in [-0.3, -0.25) is 52.5 Å². The van der Waals surface area contributed by atoms with Gasteiger partial charge in [0.15, 0.2) is 37.6 Å². The molecular formula is C97H106ClF6N23O17S3. The Morgan fingerprint density at radius 3 is 1.20 bits per heavy atom. The van der Waals surface area contributed by atoms with Gasteiger partial charge >= 0.3 is 29.8 Å². The van der Waals surface area contributed by atoms with Crippen molar-refractivity contribution in [2.45, 2.75) is 199 Å². The minimum absolute atomic E-state index is 0. The first kappa shape index (κ1) is 107. The number of hydrogen-bond acceptors (Lipinski definition) is 33. The predicted molar refractivity (Wildman–Crippen MR) is 524 cm³/mol. The highest BCUT2D eigenvalue weighted by molar-refractivity contribution is 7.14. The van der Waals surface area contributed by atoms with Crippen molar-refractivity contribution in [3.05, 3.63) is 196 Å². The molecule has 13 heterocycles. The van der Waals surface area contributed by atoms with E-state index >= 15 is 0 Å². The van der Waals surface area contributed by atoms with Crippen LogP contribution in [-0.4, -0.2) is 224 Å². The molecular weight excluding hydrogens is 2000 g/mol. The van der Waals surface area contributed by atoms with E-state index in [1.165, 1.54) is 72.9 Å². The summed E-state index contributed by atoms with van der Waals surface area (Å²) >= 11 is 3.59. The molecule has 3 amide bonds. The van der Waals surface area contributed by atoms with Crippen LogP contribution < -0.4 is 21.7 Å². The van der Waals surface area contributed by atoms with E-state index in [0.717, 1.165) is 165 Å². The second-order valence-corrected chi connectivity index (χ2v) is 37.6. The molecule has 147 heavy (non-hydrogen) atoms. The van der Waals surface area contributed by atoms with Gasteiger partial charge in [0.1, 0.15) is 72.3 Å². The number of nitrogens with two attached hydrogens (primary N) is 1. The molecule has 0 unspecified atom stereocenters.